The number of anilines is 1. The molecule has 122 valence electrons. The molecule has 0 radical (unpaired) electrons. The molecule has 1 aromatic rings. The number of thioether (sulfide) groups is 1. The largest absolute Gasteiger partial charge is 0.416 e. The molecule has 1 amide bonds. The molecule has 0 saturated carbocycles. The Morgan fingerprint density at radius 1 is 1.39 bits per heavy atom. The summed E-state index contributed by atoms with van der Waals surface area (Å²) >= 11 is 4.49. The number of fused-ring (bicyclic) bond motifs is 1. The molecule has 3 nitrogen and oxygen atoms in total. The minimum absolute atomic E-state index is 0.110. The van der Waals surface area contributed by atoms with Gasteiger partial charge in [-0.15, -0.1) is 0 Å². The first-order chi connectivity index (χ1) is 10.8. The van der Waals surface area contributed by atoms with Crippen molar-refractivity contribution >= 4 is 39.3 Å². The van der Waals surface area contributed by atoms with Crippen molar-refractivity contribution in [1.29, 1.82) is 0 Å². The highest BCUT2D eigenvalue weighted by Gasteiger charge is 2.35. The van der Waals surface area contributed by atoms with E-state index in [2.05, 4.69) is 34.1 Å². The van der Waals surface area contributed by atoms with Crippen LogP contribution in [0.3, 0.4) is 0 Å². The van der Waals surface area contributed by atoms with Crippen LogP contribution >= 0.6 is 27.7 Å². The van der Waals surface area contributed by atoms with Crippen LogP contribution in [0.15, 0.2) is 58.2 Å². The van der Waals surface area contributed by atoms with Crippen LogP contribution < -0.4 is 4.90 Å². The number of rotatable bonds is 4. The summed E-state index contributed by atoms with van der Waals surface area (Å²) in [7, 11) is 0. The zero-order chi connectivity index (χ0) is 17.2. The SMILES string of the molecule is C=C/C(CN1C(=O)CSc2nc(Br)ccc21)=C(\C=C)C(F)(F)F. The molecule has 1 aromatic heterocycles. The van der Waals surface area contributed by atoms with Crippen LogP contribution in [0, 0.1) is 0 Å². The molecule has 1 aliphatic heterocycles. The summed E-state index contributed by atoms with van der Waals surface area (Å²) in [6, 6.07) is 3.29. The maximum atomic E-state index is 13.1. The maximum absolute atomic E-state index is 13.1. The highest BCUT2D eigenvalue weighted by molar-refractivity contribution is 9.10. The van der Waals surface area contributed by atoms with Gasteiger partial charge in [0, 0.05) is 0 Å². The molecule has 0 N–H and O–H groups in total. The minimum Gasteiger partial charge on any atom is -0.305 e. The van der Waals surface area contributed by atoms with Crippen molar-refractivity contribution in [3.8, 4) is 0 Å². The number of halogens is 4. The van der Waals surface area contributed by atoms with E-state index in [-0.39, 0.29) is 23.8 Å². The monoisotopic (exact) mass is 404 g/mol. The Kier molecular flexibility index (Phi) is 5.36. The summed E-state index contributed by atoms with van der Waals surface area (Å²) in [5, 5.41) is 0.592. The Bertz CT molecular complexity index is 700. The summed E-state index contributed by atoms with van der Waals surface area (Å²) in [6.07, 6.45) is -2.72. The Morgan fingerprint density at radius 2 is 2.09 bits per heavy atom. The fraction of sp³-hybridized carbons (Fsp3) is 0.200. The Morgan fingerprint density at radius 3 is 2.65 bits per heavy atom. The van der Waals surface area contributed by atoms with Crippen LogP contribution in [0.2, 0.25) is 0 Å². The second-order valence-electron chi connectivity index (χ2n) is 4.57. The van der Waals surface area contributed by atoms with E-state index in [9.17, 15) is 18.0 Å². The van der Waals surface area contributed by atoms with E-state index < -0.39 is 11.7 Å². The van der Waals surface area contributed by atoms with Gasteiger partial charge < -0.3 is 4.90 Å². The number of hydrogen-bond donors (Lipinski definition) is 0. The standard InChI is InChI=1S/C15H12BrF3N2OS/c1-3-9(10(4-2)15(17,18)19)7-21-11-5-6-12(16)20-14(11)23-8-13(21)22/h3-6H,1-2,7-8H2/b10-9-. The summed E-state index contributed by atoms with van der Waals surface area (Å²) in [5.74, 6) is -0.160. The van der Waals surface area contributed by atoms with Crippen molar-refractivity contribution in [3.63, 3.8) is 0 Å². The molecule has 0 saturated heterocycles. The molecule has 0 unspecified atom stereocenters. The average molecular weight is 405 g/mol. The number of allylic oxidation sites excluding steroid dienone is 2. The van der Waals surface area contributed by atoms with E-state index in [0.717, 1.165) is 12.2 Å². The number of hydrogen-bond acceptors (Lipinski definition) is 3. The van der Waals surface area contributed by atoms with E-state index in [0.29, 0.717) is 15.3 Å². The normalized spacial score (nSPS) is 15.8. The van der Waals surface area contributed by atoms with Crippen molar-refractivity contribution in [3.05, 3.63) is 53.2 Å². The highest BCUT2D eigenvalue weighted by atomic mass is 79.9. The van der Waals surface area contributed by atoms with Crippen LogP contribution in [0.1, 0.15) is 0 Å². The van der Waals surface area contributed by atoms with Crippen molar-refractivity contribution in [2.24, 2.45) is 0 Å². The van der Waals surface area contributed by atoms with Gasteiger partial charge in [0.25, 0.3) is 0 Å². The predicted octanol–water partition coefficient (Wildman–Crippen LogP) is 4.51. The second kappa shape index (κ2) is 6.92. The summed E-state index contributed by atoms with van der Waals surface area (Å²) in [4.78, 5) is 17.7. The average Bonchev–Trinajstić information content (AvgIpc) is 2.47. The van der Waals surface area contributed by atoms with Crippen LogP contribution in [-0.2, 0) is 4.79 Å². The van der Waals surface area contributed by atoms with Crippen molar-refractivity contribution in [1.82, 2.24) is 4.98 Å². The number of carbonyl (C=O) groups is 1. The lowest BCUT2D eigenvalue weighted by molar-refractivity contribution is -0.116. The van der Waals surface area contributed by atoms with Gasteiger partial charge in [0.2, 0.25) is 5.91 Å². The number of alkyl halides is 3. The van der Waals surface area contributed by atoms with Gasteiger partial charge in [0.05, 0.1) is 23.6 Å². The summed E-state index contributed by atoms with van der Waals surface area (Å²) < 4.78 is 39.8. The maximum Gasteiger partial charge on any atom is 0.416 e. The third kappa shape index (κ3) is 3.87. The van der Waals surface area contributed by atoms with Gasteiger partial charge >= 0.3 is 6.18 Å². The predicted molar refractivity (Wildman–Crippen MR) is 88.5 cm³/mol. The van der Waals surface area contributed by atoms with E-state index in [4.69, 9.17) is 0 Å². The molecule has 2 rings (SSSR count). The quantitative estimate of drug-likeness (QED) is 0.546. The zero-order valence-corrected chi connectivity index (χ0v) is 14.3. The van der Waals surface area contributed by atoms with Gasteiger partial charge in [0.1, 0.15) is 9.63 Å². The Hall–Kier alpha value is -1.54. The van der Waals surface area contributed by atoms with Gasteiger partial charge in [-0.25, -0.2) is 4.98 Å². The summed E-state index contributed by atoms with van der Waals surface area (Å²) in [6.45, 7) is 6.41. The van der Waals surface area contributed by atoms with Gasteiger partial charge in [-0.2, -0.15) is 13.2 Å². The number of carbonyl (C=O) groups excluding carboxylic acids is 1. The molecule has 0 aliphatic carbocycles. The minimum atomic E-state index is -4.56. The van der Waals surface area contributed by atoms with Gasteiger partial charge in [0.15, 0.2) is 0 Å². The molecular formula is C15H12BrF3N2OS. The van der Waals surface area contributed by atoms with Crippen molar-refractivity contribution in [2.75, 3.05) is 17.2 Å². The fourth-order valence-electron chi connectivity index (χ4n) is 2.10. The molecule has 0 spiro atoms. The second-order valence-corrected chi connectivity index (χ2v) is 6.35. The fourth-order valence-corrected chi connectivity index (χ4v) is 3.43. The van der Waals surface area contributed by atoms with Crippen LogP contribution in [0.4, 0.5) is 18.9 Å². The van der Waals surface area contributed by atoms with Gasteiger partial charge in [-0.05, 0) is 33.6 Å². The van der Waals surface area contributed by atoms with E-state index in [1.165, 1.54) is 16.7 Å². The lowest BCUT2D eigenvalue weighted by atomic mass is 10.1. The molecule has 1 aliphatic rings. The molecule has 0 bridgehead atoms. The van der Waals surface area contributed by atoms with Gasteiger partial charge in [-0.3, -0.25) is 4.79 Å². The Balaban J connectivity index is 2.46. The van der Waals surface area contributed by atoms with E-state index >= 15 is 0 Å². The molecular weight excluding hydrogens is 393 g/mol. The van der Waals surface area contributed by atoms with Crippen molar-refractivity contribution < 1.29 is 18.0 Å². The van der Waals surface area contributed by atoms with Gasteiger partial charge in [-0.1, -0.05) is 37.1 Å². The highest BCUT2D eigenvalue weighted by Crippen LogP contribution is 2.36. The third-order valence-corrected chi connectivity index (χ3v) is 4.57. The smallest absolute Gasteiger partial charge is 0.305 e. The van der Waals surface area contributed by atoms with Crippen LogP contribution in [0.25, 0.3) is 0 Å². The van der Waals surface area contributed by atoms with Crippen LogP contribution in [0.5, 0.6) is 0 Å². The first-order valence-corrected chi connectivity index (χ1v) is 8.20. The zero-order valence-electron chi connectivity index (χ0n) is 11.9. The third-order valence-electron chi connectivity index (χ3n) is 3.16. The molecule has 2 heterocycles. The van der Waals surface area contributed by atoms with E-state index in [1.807, 2.05) is 0 Å². The number of amides is 1. The lowest BCUT2D eigenvalue weighted by Gasteiger charge is -2.29. The van der Waals surface area contributed by atoms with Crippen LogP contribution in [-0.4, -0.2) is 29.4 Å². The molecule has 8 heteroatoms. The number of nitrogens with zero attached hydrogens (tertiary/aromatic N) is 2. The molecule has 23 heavy (non-hydrogen) atoms. The Labute approximate surface area is 144 Å². The van der Waals surface area contributed by atoms with E-state index in [1.54, 1.807) is 12.1 Å². The molecule has 0 aromatic carbocycles. The number of aromatic nitrogens is 1. The molecule has 0 atom stereocenters. The molecule has 0 fully saturated rings. The number of pyridine rings is 1. The summed E-state index contributed by atoms with van der Waals surface area (Å²) in [5.41, 5.74) is -0.522. The first-order valence-electron chi connectivity index (χ1n) is 6.43. The first kappa shape index (κ1) is 17.8. The lowest BCUT2D eigenvalue weighted by Crippen LogP contribution is -2.37. The topological polar surface area (TPSA) is 33.2 Å². The van der Waals surface area contributed by atoms with Crippen molar-refractivity contribution in [2.45, 2.75) is 11.2 Å².